The molecule has 10 heteroatoms. The van der Waals surface area contributed by atoms with Crippen LogP contribution >= 0.6 is 11.6 Å². The van der Waals surface area contributed by atoms with E-state index in [0.717, 1.165) is 17.0 Å². The van der Waals surface area contributed by atoms with Crippen molar-refractivity contribution in [1.29, 1.82) is 0 Å². The third-order valence-electron chi connectivity index (χ3n) is 4.31. The summed E-state index contributed by atoms with van der Waals surface area (Å²) in [5.41, 5.74) is -0.292. The standard InChI is InChI=1S/C19H14ClF3N2O4/c20-14-6-3-11(8-13(14)19(21,22)23)24-15-9-16(26)25(18(15)29)12-4-1-10(2-5-12)7-17(27)28/h1-6,8,15,24H,7,9H2,(H,27,28). The Labute approximate surface area is 167 Å². The van der Waals surface area contributed by atoms with Crippen LogP contribution in [0.5, 0.6) is 0 Å². The first-order chi connectivity index (χ1) is 13.6. The molecule has 1 heterocycles. The molecular weight excluding hydrogens is 413 g/mol. The van der Waals surface area contributed by atoms with Crippen molar-refractivity contribution in [2.45, 2.75) is 25.1 Å². The van der Waals surface area contributed by atoms with Crippen molar-refractivity contribution in [2.24, 2.45) is 0 Å². The number of hydrogen-bond acceptors (Lipinski definition) is 4. The number of nitrogens with one attached hydrogen (secondary N) is 1. The number of alkyl halides is 3. The van der Waals surface area contributed by atoms with Gasteiger partial charge in [-0.25, -0.2) is 4.90 Å². The molecule has 2 aromatic carbocycles. The van der Waals surface area contributed by atoms with E-state index in [9.17, 15) is 27.6 Å². The summed E-state index contributed by atoms with van der Waals surface area (Å²) in [7, 11) is 0. The molecule has 1 aliphatic rings. The molecule has 1 saturated heterocycles. The quantitative estimate of drug-likeness (QED) is 0.711. The first-order valence-electron chi connectivity index (χ1n) is 8.37. The Balaban J connectivity index is 1.78. The average Bonchev–Trinajstić information content (AvgIpc) is 2.89. The zero-order valence-corrected chi connectivity index (χ0v) is 15.4. The topological polar surface area (TPSA) is 86.7 Å². The Morgan fingerprint density at radius 1 is 1.17 bits per heavy atom. The summed E-state index contributed by atoms with van der Waals surface area (Å²) in [6.45, 7) is 0. The number of nitrogens with zero attached hydrogens (tertiary/aromatic N) is 1. The second kappa shape index (κ2) is 7.75. The molecule has 1 fully saturated rings. The molecule has 2 aromatic rings. The van der Waals surface area contributed by atoms with Gasteiger partial charge in [0, 0.05) is 5.69 Å². The molecule has 1 atom stereocenters. The van der Waals surface area contributed by atoms with Gasteiger partial charge in [-0.2, -0.15) is 13.2 Å². The minimum atomic E-state index is -4.66. The lowest BCUT2D eigenvalue weighted by Crippen LogP contribution is -2.34. The van der Waals surface area contributed by atoms with Gasteiger partial charge in [0.15, 0.2) is 0 Å². The number of carboxylic acid groups (broad SMARTS) is 1. The van der Waals surface area contributed by atoms with Crippen molar-refractivity contribution in [3.63, 3.8) is 0 Å². The van der Waals surface area contributed by atoms with Crippen LogP contribution in [0.2, 0.25) is 5.02 Å². The highest BCUT2D eigenvalue weighted by atomic mass is 35.5. The number of benzene rings is 2. The SMILES string of the molecule is O=C(O)Cc1ccc(N2C(=O)CC(Nc3ccc(Cl)c(C(F)(F)F)c3)C2=O)cc1. The number of halogens is 4. The van der Waals surface area contributed by atoms with Gasteiger partial charge in [0.25, 0.3) is 5.91 Å². The number of carboxylic acids is 1. The third kappa shape index (κ3) is 4.51. The average molecular weight is 427 g/mol. The number of carbonyl (C=O) groups excluding carboxylic acids is 2. The van der Waals surface area contributed by atoms with Crippen molar-refractivity contribution in [1.82, 2.24) is 0 Å². The van der Waals surface area contributed by atoms with E-state index in [4.69, 9.17) is 16.7 Å². The van der Waals surface area contributed by atoms with E-state index in [1.807, 2.05) is 0 Å². The minimum absolute atomic E-state index is 0.00605. The van der Waals surface area contributed by atoms with Gasteiger partial charge in [-0.05, 0) is 35.9 Å². The summed E-state index contributed by atoms with van der Waals surface area (Å²) in [5, 5.41) is 11.0. The first-order valence-corrected chi connectivity index (χ1v) is 8.75. The zero-order chi connectivity index (χ0) is 21.3. The predicted octanol–water partition coefficient (Wildman–Crippen LogP) is 3.73. The molecule has 0 aromatic heterocycles. The first kappa shape index (κ1) is 20.7. The number of carbonyl (C=O) groups is 3. The number of hydrogen-bond donors (Lipinski definition) is 2. The van der Waals surface area contributed by atoms with Crippen LogP contribution in [0.15, 0.2) is 42.5 Å². The van der Waals surface area contributed by atoms with Crippen molar-refractivity contribution in [3.8, 4) is 0 Å². The molecule has 1 unspecified atom stereocenters. The maximum Gasteiger partial charge on any atom is 0.417 e. The van der Waals surface area contributed by atoms with E-state index in [1.54, 1.807) is 0 Å². The molecule has 0 bridgehead atoms. The van der Waals surface area contributed by atoms with Crippen LogP contribution in [0.1, 0.15) is 17.5 Å². The molecule has 3 rings (SSSR count). The Bertz CT molecular complexity index is 976. The van der Waals surface area contributed by atoms with Crippen LogP contribution in [-0.2, 0) is 27.0 Å². The van der Waals surface area contributed by atoms with Crippen molar-refractivity contribution in [3.05, 3.63) is 58.6 Å². The molecule has 2 N–H and O–H groups in total. The molecule has 0 saturated carbocycles. The molecule has 6 nitrogen and oxygen atoms in total. The monoisotopic (exact) mass is 426 g/mol. The highest BCUT2D eigenvalue weighted by molar-refractivity contribution is 6.31. The van der Waals surface area contributed by atoms with Crippen LogP contribution in [0.4, 0.5) is 24.5 Å². The van der Waals surface area contributed by atoms with Crippen LogP contribution in [0, 0.1) is 0 Å². The molecule has 0 radical (unpaired) electrons. The number of anilines is 2. The summed E-state index contributed by atoms with van der Waals surface area (Å²) < 4.78 is 39.0. The Kier molecular flexibility index (Phi) is 5.52. The summed E-state index contributed by atoms with van der Waals surface area (Å²) >= 11 is 5.58. The Hall–Kier alpha value is -3.07. The Morgan fingerprint density at radius 2 is 1.83 bits per heavy atom. The summed E-state index contributed by atoms with van der Waals surface area (Å²) in [6, 6.07) is 7.96. The molecule has 29 heavy (non-hydrogen) atoms. The van der Waals surface area contributed by atoms with Gasteiger partial charge in [0.1, 0.15) is 6.04 Å². The van der Waals surface area contributed by atoms with Crippen LogP contribution in [0.25, 0.3) is 0 Å². The number of aliphatic carboxylic acids is 1. The molecule has 0 aliphatic carbocycles. The van der Waals surface area contributed by atoms with E-state index in [-0.39, 0.29) is 24.2 Å². The Morgan fingerprint density at radius 3 is 2.41 bits per heavy atom. The van der Waals surface area contributed by atoms with Crippen molar-refractivity contribution < 1.29 is 32.7 Å². The predicted molar refractivity (Wildman–Crippen MR) is 98.8 cm³/mol. The van der Waals surface area contributed by atoms with Crippen LogP contribution < -0.4 is 10.2 Å². The highest BCUT2D eigenvalue weighted by Crippen LogP contribution is 2.36. The lowest BCUT2D eigenvalue weighted by Gasteiger charge is -2.17. The van der Waals surface area contributed by atoms with Gasteiger partial charge in [-0.15, -0.1) is 0 Å². The van der Waals surface area contributed by atoms with Gasteiger partial charge in [-0.1, -0.05) is 23.7 Å². The lowest BCUT2D eigenvalue weighted by molar-refractivity contribution is -0.138. The van der Waals surface area contributed by atoms with E-state index in [2.05, 4.69) is 5.32 Å². The molecule has 0 spiro atoms. The zero-order valence-electron chi connectivity index (χ0n) is 14.7. The number of amides is 2. The summed E-state index contributed by atoms with van der Waals surface area (Å²) in [5.74, 6) is -2.16. The van der Waals surface area contributed by atoms with Crippen LogP contribution in [-0.4, -0.2) is 28.9 Å². The maximum atomic E-state index is 13.0. The lowest BCUT2D eigenvalue weighted by atomic mass is 10.1. The van der Waals surface area contributed by atoms with Crippen LogP contribution in [0.3, 0.4) is 0 Å². The van der Waals surface area contributed by atoms with Gasteiger partial charge in [-0.3, -0.25) is 14.4 Å². The molecule has 152 valence electrons. The fourth-order valence-corrected chi connectivity index (χ4v) is 3.21. The van der Waals surface area contributed by atoms with E-state index >= 15 is 0 Å². The second-order valence-corrected chi connectivity index (χ2v) is 6.80. The fourth-order valence-electron chi connectivity index (χ4n) is 2.99. The molecule has 1 aliphatic heterocycles. The van der Waals surface area contributed by atoms with E-state index in [1.165, 1.54) is 30.3 Å². The number of rotatable bonds is 5. The normalized spacial score (nSPS) is 17.0. The third-order valence-corrected chi connectivity index (χ3v) is 4.64. The highest BCUT2D eigenvalue weighted by Gasteiger charge is 2.40. The minimum Gasteiger partial charge on any atom is -0.481 e. The fraction of sp³-hybridized carbons (Fsp3) is 0.211. The smallest absolute Gasteiger partial charge is 0.417 e. The van der Waals surface area contributed by atoms with Gasteiger partial charge in [0.2, 0.25) is 5.91 Å². The second-order valence-electron chi connectivity index (χ2n) is 6.40. The van der Waals surface area contributed by atoms with Gasteiger partial charge in [0.05, 0.1) is 29.1 Å². The maximum absolute atomic E-state index is 13.0. The van der Waals surface area contributed by atoms with Gasteiger partial charge >= 0.3 is 12.1 Å². The summed E-state index contributed by atoms with van der Waals surface area (Å²) in [6.07, 6.45) is -5.10. The van der Waals surface area contributed by atoms with Gasteiger partial charge < -0.3 is 10.4 Å². The number of imide groups is 1. The molecular formula is C19H14ClF3N2O4. The molecule has 2 amide bonds. The summed E-state index contributed by atoms with van der Waals surface area (Å²) in [4.78, 5) is 36.6. The van der Waals surface area contributed by atoms with Crippen molar-refractivity contribution in [2.75, 3.05) is 10.2 Å². The largest absolute Gasteiger partial charge is 0.481 e. The van der Waals surface area contributed by atoms with E-state index < -0.39 is 40.6 Å². The van der Waals surface area contributed by atoms with Crippen molar-refractivity contribution >= 4 is 40.8 Å². The van der Waals surface area contributed by atoms with E-state index in [0.29, 0.717) is 5.56 Å².